The van der Waals surface area contributed by atoms with Gasteiger partial charge in [0.05, 0.1) is 12.1 Å². The predicted octanol–water partition coefficient (Wildman–Crippen LogP) is 6.04. The molecule has 0 saturated heterocycles. The molecule has 0 spiro atoms. The van der Waals surface area contributed by atoms with Gasteiger partial charge in [-0.05, 0) is 89.3 Å². The number of aliphatic hydroxyl groups is 1. The van der Waals surface area contributed by atoms with E-state index in [0.29, 0.717) is 17.2 Å². The molecule has 2 aromatic rings. The predicted molar refractivity (Wildman–Crippen MR) is 121 cm³/mol. The molecule has 0 heterocycles. The van der Waals surface area contributed by atoms with Crippen molar-refractivity contribution in [1.29, 1.82) is 0 Å². The maximum atomic E-state index is 12.0. The van der Waals surface area contributed by atoms with Crippen LogP contribution in [0, 0.1) is 6.92 Å². The third-order valence-electron chi connectivity index (χ3n) is 4.58. The van der Waals surface area contributed by atoms with E-state index in [1.807, 2.05) is 49.4 Å². The van der Waals surface area contributed by atoms with Crippen molar-refractivity contribution in [2.24, 2.45) is 0 Å². The maximum Gasteiger partial charge on any atom is 0.408 e. The Hall–Kier alpha value is -2.24. The summed E-state index contributed by atoms with van der Waals surface area (Å²) >= 11 is 6.45. The summed E-state index contributed by atoms with van der Waals surface area (Å²) in [5.74, 6) is 1.45. The van der Waals surface area contributed by atoms with Gasteiger partial charge in [-0.1, -0.05) is 29.8 Å². The SMILES string of the molecule is Cc1cccc(Oc2ccc(CCC[C@](C)(CO)NC(=O)OC(C)(C)C)c(Cl)c2)c1. The van der Waals surface area contributed by atoms with Gasteiger partial charge in [0.1, 0.15) is 17.1 Å². The topological polar surface area (TPSA) is 67.8 Å². The summed E-state index contributed by atoms with van der Waals surface area (Å²) in [7, 11) is 0. The number of hydrogen-bond donors (Lipinski definition) is 2. The Morgan fingerprint density at radius 3 is 2.40 bits per heavy atom. The molecule has 0 aliphatic carbocycles. The van der Waals surface area contributed by atoms with Crippen molar-refractivity contribution >= 4 is 17.7 Å². The van der Waals surface area contributed by atoms with E-state index in [4.69, 9.17) is 21.1 Å². The lowest BCUT2D eigenvalue weighted by Crippen LogP contribution is -2.50. The molecule has 164 valence electrons. The summed E-state index contributed by atoms with van der Waals surface area (Å²) in [4.78, 5) is 12.0. The number of nitrogens with one attached hydrogen (secondary N) is 1. The Labute approximate surface area is 184 Å². The molecule has 0 aliphatic heterocycles. The Morgan fingerprint density at radius 2 is 1.80 bits per heavy atom. The molecule has 2 rings (SSSR count). The van der Waals surface area contributed by atoms with Gasteiger partial charge in [-0.25, -0.2) is 4.79 Å². The van der Waals surface area contributed by atoms with E-state index in [9.17, 15) is 9.90 Å². The number of amides is 1. The molecule has 6 heteroatoms. The number of carbonyl (C=O) groups excluding carboxylic acids is 1. The lowest BCUT2D eigenvalue weighted by molar-refractivity contribution is 0.0404. The molecule has 0 unspecified atom stereocenters. The number of rotatable bonds is 8. The zero-order valence-electron chi connectivity index (χ0n) is 18.4. The van der Waals surface area contributed by atoms with Gasteiger partial charge in [-0.2, -0.15) is 0 Å². The Morgan fingerprint density at radius 1 is 1.10 bits per heavy atom. The van der Waals surface area contributed by atoms with Crippen LogP contribution < -0.4 is 10.1 Å². The average molecular weight is 434 g/mol. The number of hydrogen-bond acceptors (Lipinski definition) is 4. The first-order valence-corrected chi connectivity index (χ1v) is 10.5. The van der Waals surface area contributed by atoms with Crippen molar-refractivity contribution in [3.8, 4) is 11.5 Å². The van der Waals surface area contributed by atoms with Gasteiger partial charge in [0.15, 0.2) is 0 Å². The van der Waals surface area contributed by atoms with Crippen LogP contribution in [-0.2, 0) is 11.2 Å². The van der Waals surface area contributed by atoms with E-state index in [0.717, 1.165) is 29.7 Å². The van der Waals surface area contributed by atoms with Gasteiger partial charge in [-0.15, -0.1) is 0 Å². The number of aliphatic hydroxyl groups excluding tert-OH is 1. The van der Waals surface area contributed by atoms with E-state index < -0.39 is 17.2 Å². The van der Waals surface area contributed by atoms with Crippen LogP contribution in [0.2, 0.25) is 5.02 Å². The summed E-state index contributed by atoms with van der Waals surface area (Å²) in [6.45, 7) is 9.05. The number of halogens is 1. The summed E-state index contributed by atoms with van der Waals surface area (Å²) in [6.07, 6.45) is 1.51. The van der Waals surface area contributed by atoms with Crippen molar-refractivity contribution in [2.45, 2.75) is 65.0 Å². The molecule has 5 nitrogen and oxygen atoms in total. The highest BCUT2D eigenvalue weighted by molar-refractivity contribution is 6.31. The van der Waals surface area contributed by atoms with Crippen LogP contribution in [0.1, 0.15) is 51.7 Å². The minimum atomic E-state index is -0.761. The third-order valence-corrected chi connectivity index (χ3v) is 4.93. The molecule has 0 radical (unpaired) electrons. The average Bonchev–Trinajstić information content (AvgIpc) is 2.62. The molecular formula is C24H32ClNO4. The smallest absolute Gasteiger partial charge is 0.408 e. The second kappa shape index (κ2) is 10.2. The summed E-state index contributed by atoms with van der Waals surface area (Å²) in [6, 6.07) is 13.5. The van der Waals surface area contributed by atoms with Crippen LogP contribution in [0.15, 0.2) is 42.5 Å². The monoisotopic (exact) mass is 433 g/mol. The van der Waals surface area contributed by atoms with Crippen LogP contribution >= 0.6 is 11.6 Å². The molecular weight excluding hydrogens is 402 g/mol. The highest BCUT2D eigenvalue weighted by Gasteiger charge is 2.28. The van der Waals surface area contributed by atoms with Gasteiger partial charge >= 0.3 is 6.09 Å². The van der Waals surface area contributed by atoms with E-state index in [-0.39, 0.29) is 6.61 Å². The Kier molecular flexibility index (Phi) is 8.16. The van der Waals surface area contributed by atoms with Gasteiger partial charge in [0, 0.05) is 5.02 Å². The number of aryl methyl sites for hydroxylation is 2. The van der Waals surface area contributed by atoms with Gasteiger partial charge in [0.25, 0.3) is 0 Å². The van der Waals surface area contributed by atoms with Crippen LogP contribution in [0.3, 0.4) is 0 Å². The fourth-order valence-electron chi connectivity index (χ4n) is 3.01. The molecule has 0 aromatic heterocycles. The normalized spacial score (nSPS) is 13.4. The molecule has 0 fully saturated rings. The van der Waals surface area contributed by atoms with E-state index in [1.54, 1.807) is 27.7 Å². The zero-order chi connectivity index (χ0) is 22.4. The number of benzene rings is 2. The van der Waals surface area contributed by atoms with Crippen LogP contribution in [0.25, 0.3) is 0 Å². The number of ether oxygens (including phenoxy) is 2. The first-order valence-electron chi connectivity index (χ1n) is 10.1. The van der Waals surface area contributed by atoms with Crippen molar-refractivity contribution < 1.29 is 19.4 Å². The fraction of sp³-hybridized carbons (Fsp3) is 0.458. The lowest BCUT2D eigenvalue weighted by Gasteiger charge is -2.30. The standard InChI is InChI=1S/C24H32ClNO4/c1-17-8-6-10-19(14-17)29-20-12-11-18(21(25)15-20)9-7-13-24(5,16-27)26-22(28)30-23(2,3)4/h6,8,10-12,14-15,27H,7,9,13,16H2,1-5H3,(H,26,28)/t24-/m1/s1. The van der Waals surface area contributed by atoms with Gasteiger partial charge < -0.3 is 19.9 Å². The van der Waals surface area contributed by atoms with Crippen LogP contribution in [-0.4, -0.2) is 28.9 Å². The van der Waals surface area contributed by atoms with Crippen molar-refractivity contribution in [3.05, 3.63) is 58.6 Å². The second-order valence-electron chi connectivity index (χ2n) is 8.87. The zero-order valence-corrected chi connectivity index (χ0v) is 19.2. The van der Waals surface area contributed by atoms with Crippen molar-refractivity contribution in [2.75, 3.05) is 6.61 Å². The number of alkyl carbamates (subject to hydrolysis) is 1. The highest BCUT2D eigenvalue weighted by atomic mass is 35.5. The van der Waals surface area contributed by atoms with Gasteiger partial charge in [-0.3, -0.25) is 0 Å². The molecule has 30 heavy (non-hydrogen) atoms. The van der Waals surface area contributed by atoms with E-state index >= 15 is 0 Å². The lowest BCUT2D eigenvalue weighted by atomic mass is 9.94. The third kappa shape index (κ3) is 7.88. The first kappa shape index (κ1) is 24.0. The van der Waals surface area contributed by atoms with Crippen molar-refractivity contribution in [1.82, 2.24) is 5.32 Å². The summed E-state index contributed by atoms with van der Waals surface area (Å²) < 4.78 is 11.2. The molecule has 0 bridgehead atoms. The molecule has 1 amide bonds. The maximum absolute atomic E-state index is 12.0. The highest BCUT2D eigenvalue weighted by Crippen LogP contribution is 2.28. The second-order valence-corrected chi connectivity index (χ2v) is 9.28. The molecule has 0 aliphatic rings. The van der Waals surface area contributed by atoms with Crippen LogP contribution in [0.5, 0.6) is 11.5 Å². The molecule has 2 N–H and O–H groups in total. The largest absolute Gasteiger partial charge is 0.457 e. The molecule has 0 saturated carbocycles. The minimum absolute atomic E-state index is 0.177. The quantitative estimate of drug-likeness (QED) is 0.532. The summed E-state index contributed by atoms with van der Waals surface area (Å²) in [5.41, 5.74) is 0.771. The summed E-state index contributed by atoms with van der Waals surface area (Å²) in [5, 5.41) is 13.2. The van der Waals surface area contributed by atoms with Gasteiger partial charge in [0.2, 0.25) is 0 Å². The fourth-order valence-corrected chi connectivity index (χ4v) is 3.27. The Bertz CT molecular complexity index is 863. The van der Waals surface area contributed by atoms with E-state index in [2.05, 4.69) is 5.32 Å². The minimum Gasteiger partial charge on any atom is -0.457 e. The first-order chi connectivity index (χ1) is 14.0. The van der Waals surface area contributed by atoms with E-state index in [1.165, 1.54) is 0 Å². The molecule has 1 atom stereocenters. The molecule has 2 aromatic carbocycles. The van der Waals surface area contributed by atoms with Crippen molar-refractivity contribution in [3.63, 3.8) is 0 Å². The Balaban J connectivity index is 1.92. The number of carbonyl (C=O) groups is 1. The van der Waals surface area contributed by atoms with Crippen LogP contribution in [0.4, 0.5) is 4.79 Å².